The summed E-state index contributed by atoms with van der Waals surface area (Å²) in [7, 11) is 3.55. The molecule has 0 saturated heterocycles. The Balaban J connectivity index is 1.62. The summed E-state index contributed by atoms with van der Waals surface area (Å²) in [5.41, 5.74) is 1.94. The predicted octanol–water partition coefficient (Wildman–Crippen LogP) is 2.34. The Morgan fingerprint density at radius 3 is 2.66 bits per heavy atom. The third kappa shape index (κ3) is 4.59. The van der Waals surface area contributed by atoms with E-state index < -0.39 is 11.2 Å². The largest absolute Gasteiger partial charge is 0.341 e. The van der Waals surface area contributed by atoms with E-state index in [1.807, 2.05) is 59.8 Å². The van der Waals surface area contributed by atoms with Gasteiger partial charge in [0.2, 0.25) is 5.95 Å². The van der Waals surface area contributed by atoms with Crippen molar-refractivity contribution in [2.24, 2.45) is 7.05 Å². The minimum absolute atomic E-state index is 0.378. The molecule has 0 amide bonds. The Kier molecular flexibility index (Phi) is 6.40. The number of H-pyrrole nitrogens is 1. The molecule has 10 heteroatoms. The summed E-state index contributed by atoms with van der Waals surface area (Å²) in [4.78, 5) is 42.6. The molecule has 0 unspecified atom stereocenters. The second-order valence-corrected chi connectivity index (χ2v) is 8.64. The first kappa shape index (κ1) is 21.8. The predicted molar refractivity (Wildman–Crippen MR) is 126 cm³/mol. The Bertz CT molecular complexity index is 1340. The van der Waals surface area contributed by atoms with E-state index in [4.69, 9.17) is 0 Å². The highest BCUT2D eigenvalue weighted by Gasteiger charge is 2.20. The standard InChI is InChI=1S/C22H25N7O2S/c1-15-10-11-23-20(24-15)32-13-7-12-29-17-18(28(3)22(31)26-19(17)30)25-21(29)27(2)14-16-8-5-4-6-9-16/h4-6,8-11H,7,12-14H2,1-3H3,(H,26,30,31). The average Bonchev–Trinajstić information content (AvgIpc) is 3.16. The summed E-state index contributed by atoms with van der Waals surface area (Å²) in [6.07, 6.45) is 2.53. The summed E-state index contributed by atoms with van der Waals surface area (Å²) in [6, 6.07) is 11.9. The molecule has 0 bridgehead atoms. The Morgan fingerprint density at radius 1 is 1.12 bits per heavy atom. The van der Waals surface area contributed by atoms with Crippen molar-refractivity contribution in [2.75, 3.05) is 17.7 Å². The number of fused-ring (bicyclic) bond motifs is 1. The molecule has 3 heterocycles. The lowest BCUT2D eigenvalue weighted by molar-refractivity contribution is 0.679. The second-order valence-electron chi connectivity index (χ2n) is 7.58. The molecule has 4 aromatic rings. The zero-order valence-corrected chi connectivity index (χ0v) is 19.1. The van der Waals surface area contributed by atoms with Gasteiger partial charge in [-0.1, -0.05) is 42.1 Å². The van der Waals surface area contributed by atoms with E-state index in [9.17, 15) is 9.59 Å². The molecule has 32 heavy (non-hydrogen) atoms. The minimum atomic E-state index is -0.475. The zero-order chi connectivity index (χ0) is 22.7. The van der Waals surface area contributed by atoms with Gasteiger partial charge in [-0.2, -0.15) is 4.98 Å². The molecule has 0 fully saturated rings. The minimum Gasteiger partial charge on any atom is -0.341 e. The van der Waals surface area contributed by atoms with Crippen LogP contribution in [0.15, 0.2) is 57.3 Å². The average molecular weight is 452 g/mol. The number of thioether (sulfide) groups is 1. The molecule has 0 atom stereocenters. The van der Waals surface area contributed by atoms with Crippen LogP contribution in [-0.2, 0) is 20.1 Å². The van der Waals surface area contributed by atoms with Crippen LogP contribution in [0.1, 0.15) is 17.7 Å². The maximum Gasteiger partial charge on any atom is 0.329 e. The van der Waals surface area contributed by atoms with Gasteiger partial charge in [-0.3, -0.25) is 14.3 Å². The summed E-state index contributed by atoms with van der Waals surface area (Å²) >= 11 is 1.58. The third-order valence-corrected chi connectivity index (χ3v) is 6.07. The number of nitrogens with one attached hydrogen (secondary N) is 1. The number of aromatic nitrogens is 6. The van der Waals surface area contributed by atoms with Crippen LogP contribution >= 0.6 is 11.8 Å². The lowest BCUT2D eigenvalue weighted by Gasteiger charge is -2.20. The van der Waals surface area contributed by atoms with Gasteiger partial charge in [0.05, 0.1) is 0 Å². The fraction of sp³-hybridized carbons (Fsp3) is 0.318. The van der Waals surface area contributed by atoms with Gasteiger partial charge in [0.15, 0.2) is 16.3 Å². The van der Waals surface area contributed by atoms with Crippen molar-refractivity contribution in [2.45, 2.75) is 31.6 Å². The molecule has 0 radical (unpaired) electrons. The fourth-order valence-electron chi connectivity index (χ4n) is 3.54. The summed E-state index contributed by atoms with van der Waals surface area (Å²) in [5, 5.41) is 0.738. The molecular weight excluding hydrogens is 426 g/mol. The van der Waals surface area contributed by atoms with Crippen molar-refractivity contribution in [3.63, 3.8) is 0 Å². The van der Waals surface area contributed by atoms with E-state index in [-0.39, 0.29) is 0 Å². The van der Waals surface area contributed by atoms with Crippen LogP contribution in [-0.4, -0.2) is 41.9 Å². The molecule has 4 rings (SSSR count). The zero-order valence-electron chi connectivity index (χ0n) is 18.3. The number of aromatic amines is 1. The van der Waals surface area contributed by atoms with Crippen molar-refractivity contribution < 1.29 is 0 Å². The number of benzene rings is 1. The van der Waals surface area contributed by atoms with Gasteiger partial charge in [0, 0.05) is 44.8 Å². The number of hydrogen-bond donors (Lipinski definition) is 1. The number of rotatable bonds is 8. The van der Waals surface area contributed by atoms with E-state index in [2.05, 4.69) is 19.9 Å². The van der Waals surface area contributed by atoms with Crippen LogP contribution in [0.3, 0.4) is 0 Å². The molecule has 0 aliphatic heterocycles. The highest BCUT2D eigenvalue weighted by Crippen LogP contribution is 2.22. The maximum atomic E-state index is 12.7. The van der Waals surface area contributed by atoms with Crippen LogP contribution in [0.4, 0.5) is 5.95 Å². The van der Waals surface area contributed by atoms with Gasteiger partial charge in [0.1, 0.15) is 0 Å². The Hall–Kier alpha value is -3.40. The first-order valence-electron chi connectivity index (χ1n) is 10.3. The molecule has 1 N–H and O–H groups in total. The molecule has 0 spiro atoms. The molecular formula is C22H25N7O2S. The molecule has 1 aromatic carbocycles. The summed E-state index contributed by atoms with van der Waals surface area (Å²) in [6.45, 7) is 3.14. The fourth-order valence-corrected chi connectivity index (χ4v) is 4.34. The van der Waals surface area contributed by atoms with E-state index >= 15 is 0 Å². The van der Waals surface area contributed by atoms with Crippen LogP contribution in [0.2, 0.25) is 0 Å². The Morgan fingerprint density at radius 2 is 1.91 bits per heavy atom. The molecule has 166 valence electrons. The number of nitrogens with zero attached hydrogens (tertiary/aromatic N) is 6. The van der Waals surface area contributed by atoms with Crippen molar-refractivity contribution >= 4 is 28.9 Å². The SMILES string of the molecule is Cc1ccnc(SCCCn2c(N(C)Cc3ccccc3)nc3c2c(=O)[nH]c(=O)n3C)n1. The monoisotopic (exact) mass is 451 g/mol. The summed E-state index contributed by atoms with van der Waals surface area (Å²) < 4.78 is 3.27. The van der Waals surface area contributed by atoms with E-state index in [0.717, 1.165) is 28.6 Å². The molecule has 0 saturated carbocycles. The van der Waals surface area contributed by atoms with Crippen molar-refractivity contribution in [3.05, 3.63) is 74.7 Å². The van der Waals surface area contributed by atoms with Crippen LogP contribution in [0.25, 0.3) is 11.2 Å². The summed E-state index contributed by atoms with van der Waals surface area (Å²) in [5.74, 6) is 1.43. The topological polar surface area (TPSA) is 102 Å². The second kappa shape index (κ2) is 9.39. The van der Waals surface area contributed by atoms with Crippen molar-refractivity contribution in [1.29, 1.82) is 0 Å². The van der Waals surface area contributed by atoms with Crippen LogP contribution in [0.5, 0.6) is 0 Å². The normalized spacial score (nSPS) is 11.2. The molecule has 0 aliphatic carbocycles. The first-order valence-corrected chi connectivity index (χ1v) is 11.3. The van der Waals surface area contributed by atoms with E-state index in [0.29, 0.717) is 30.2 Å². The first-order chi connectivity index (χ1) is 15.4. The van der Waals surface area contributed by atoms with Crippen molar-refractivity contribution in [3.8, 4) is 0 Å². The van der Waals surface area contributed by atoms with Gasteiger partial charge in [0.25, 0.3) is 5.56 Å². The maximum absolute atomic E-state index is 12.7. The van der Waals surface area contributed by atoms with Gasteiger partial charge < -0.3 is 9.47 Å². The lowest BCUT2D eigenvalue weighted by atomic mass is 10.2. The Labute approximate surface area is 189 Å². The molecule has 9 nitrogen and oxygen atoms in total. The lowest BCUT2D eigenvalue weighted by Crippen LogP contribution is -2.29. The highest BCUT2D eigenvalue weighted by atomic mass is 32.2. The van der Waals surface area contributed by atoms with Gasteiger partial charge >= 0.3 is 5.69 Å². The van der Waals surface area contributed by atoms with Crippen LogP contribution < -0.4 is 16.1 Å². The molecule has 0 aliphatic rings. The van der Waals surface area contributed by atoms with Gasteiger partial charge in [-0.25, -0.2) is 14.8 Å². The third-order valence-electron chi connectivity index (χ3n) is 5.12. The number of aryl methyl sites for hydroxylation is 3. The molecule has 3 aromatic heterocycles. The van der Waals surface area contributed by atoms with Crippen molar-refractivity contribution in [1.82, 2.24) is 29.1 Å². The van der Waals surface area contributed by atoms with E-state index in [1.54, 1.807) is 25.0 Å². The number of hydrogen-bond acceptors (Lipinski definition) is 7. The van der Waals surface area contributed by atoms with Gasteiger partial charge in [-0.05, 0) is 25.0 Å². The number of imidazole rings is 1. The van der Waals surface area contributed by atoms with Gasteiger partial charge in [-0.15, -0.1) is 0 Å². The highest BCUT2D eigenvalue weighted by molar-refractivity contribution is 7.99. The quantitative estimate of drug-likeness (QED) is 0.249. The smallest absolute Gasteiger partial charge is 0.329 e. The van der Waals surface area contributed by atoms with E-state index in [1.165, 1.54) is 4.57 Å². The number of anilines is 1. The van der Waals surface area contributed by atoms with Crippen LogP contribution in [0, 0.1) is 6.92 Å².